The van der Waals surface area contributed by atoms with Crippen molar-refractivity contribution in [2.45, 2.75) is 6.92 Å². The Labute approximate surface area is 105 Å². The number of amides is 1. The first-order chi connectivity index (χ1) is 8.65. The molecule has 0 aliphatic carbocycles. The molecule has 2 aromatic carbocycles. The third kappa shape index (κ3) is 3.01. The second-order valence-corrected chi connectivity index (χ2v) is 3.82. The Morgan fingerprint density at radius 3 is 2.44 bits per heavy atom. The molecular formula is C14H13NO3. The maximum atomic E-state index is 10.6. The number of rotatable bonds is 3. The van der Waals surface area contributed by atoms with Gasteiger partial charge >= 0.3 is 6.09 Å². The molecule has 4 nitrogen and oxygen atoms in total. The van der Waals surface area contributed by atoms with E-state index < -0.39 is 6.09 Å². The van der Waals surface area contributed by atoms with E-state index in [1.807, 2.05) is 37.3 Å². The summed E-state index contributed by atoms with van der Waals surface area (Å²) in [5.74, 6) is 1.42. The Morgan fingerprint density at radius 1 is 1.11 bits per heavy atom. The first-order valence-corrected chi connectivity index (χ1v) is 5.48. The van der Waals surface area contributed by atoms with Crippen molar-refractivity contribution in [1.82, 2.24) is 0 Å². The maximum absolute atomic E-state index is 10.6. The standard InChI is InChI=1S/C14H13NO3/c1-10-9-12(7-8-13(10)15-14(16)17)18-11-5-3-2-4-6-11/h2-9,15H,1H3,(H,16,17). The van der Waals surface area contributed by atoms with Crippen molar-refractivity contribution in [3.8, 4) is 11.5 Å². The van der Waals surface area contributed by atoms with E-state index in [4.69, 9.17) is 9.84 Å². The van der Waals surface area contributed by atoms with Crippen molar-refractivity contribution in [3.63, 3.8) is 0 Å². The largest absolute Gasteiger partial charge is 0.465 e. The fourth-order valence-electron chi connectivity index (χ4n) is 1.58. The first kappa shape index (κ1) is 12.0. The van der Waals surface area contributed by atoms with Gasteiger partial charge in [-0.05, 0) is 42.8 Å². The highest BCUT2D eigenvalue weighted by Gasteiger charge is 2.04. The third-order valence-electron chi connectivity index (χ3n) is 2.42. The summed E-state index contributed by atoms with van der Waals surface area (Å²) in [6.07, 6.45) is -1.07. The number of anilines is 1. The minimum atomic E-state index is -1.07. The van der Waals surface area contributed by atoms with Crippen LogP contribution in [-0.2, 0) is 0 Å². The summed E-state index contributed by atoms with van der Waals surface area (Å²) in [5, 5.41) is 11.0. The molecule has 2 N–H and O–H groups in total. The summed E-state index contributed by atoms with van der Waals surface area (Å²) in [6.45, 7) is 1.82. The van der Waals surface area contributed by atoms with Crippen molar-refractivity contribution in [3.05, 3.63) is 54.1 Å². The topological polar surface area (TPSA) is 58.6 Å². The molecule has 0 radical (unpaired) electrons. The Kier molecular flexibility index (Phi) is 3.48. The molecule has 0 saturated carbocycles. The molecule has 0 fully saturated rings. The predicted molar refractivity (Wildman–Crippen MR) is 69.3 cm³/mol. The van der Waals surface area contributed by atoms with E-state index >= 15 is 0 Å². The lowest BCUT2D eigenvalue weighted by Gasteiger charge is -2.09. The summed E-state index contributed by atoms with van der Waals surface area (Å²) in [5.41, 5.74) is 1.37. The van der Waals surface area contributed by atoms with Gasteiger partial charge in [-0.2, -0.15) is 0 Å². The van der Waals surface area contributed by atoms with E-state index in [9.17, 15) is 4.79 Å². The second kappa shape index (κ2) is 5.23. The van der Waals surface area contributed by atoms with E-state index in [0.717, 1.165) is 11.3 Å². The highest BCUT2D eigenvalue weighted by Crippen LogP contribution is 2.25. The fourth-order valence-corrected chi connectivity index (χ4v) is 1.58. The highest BCUT2D eigenvalue weighted by atomic mass is 16.5. The third-order valence-corrected chi connectivity index (χ3v) is 2.42. The molecule has 0 unspecified atom stereocenters. The molecule has 2 aromatic rings. The van der Waals surface area contributed by atoms with Crippen molar-refractivity contribution >= 4 is 11.8 Å². The van der Waals surface area contributed by atoms with Gasteiger partial charge in [0.1, 0.15) is 11.5 Å². The molecule has 0 bridgehead atoms. The van der Waals surface area contributed by atoms with Crippen LogP contribution in [0.2, 0.25) is 0 Å². The van der Waals surface area contributed by atoms with Crippen LogP contribution in [0.15, 0.2) is 48.5 Å². The maximum Gasteiger partial charge on any atom is 0.409 e. The van der Waals surface area contributed by atoms with Crippen molar-refractivity contribution in [1.29, 1.82) is 0 Å². The first-order valence-electron chi connectivity index (χ1n) is 5.48. The van der Waals surface area contributed by atoms with Gasteiger partial charge in [0.2, 0.25) is 0 Å². The lowest BCUT2D eigenvalue weighted by atomic mass is 10.2. The zero-order valence-electron chi connectivity index (χ0n) is 9.88. The quantitative estimate of drug-likeness (QED) is 0.860. The van der Waals surface area contributed by atoms with Crippen molar-refractivity contribution < 1.29 is 14.6 Å². The molecule has 18 heavy (non-hydrogen) atoms. The van der Waals surface area contributed by atoms with Gasteiger partial charge in [-0.25, -0.2) is 4.79 Å². The Morgan fingerprint density at radius 2 is 1.83 bits per heavy atom. The molecular weight excluding hydrogens is 230 g/mol. The molecule has 0 saturated heterocycles. The average molecular weight is 243 g/mol. The summed E-state index contributed by atoms with van der Waals surface area (Å²) >= 11 is 0. The van der Waals surface area contributed by atoms with Crippen LogP contribution < -0.4 is 10.1 Å². The average Bonchev–Trinajstić information content (AvgIpc) is 2.33. The number of nitrogens with one attached hydrogen (secondary N) is 1. The Hall–Kier alpha value is -2.49. The molecule has 1 amide bonds. The van der Waals surface area contributed by atoms with Crippen LogP contribution in [0.3, 0.4) is 0 Å². The number of carbonyl (C=O) groups is 1. The van der Waals surface area contributed by atoms with E-state index in [-0.39, 0.29) is 0 Å². The SMILES string of the molecule is Cc1cc(Oc2ccccc2)ccc1NC(=O)O. The van der Waals surface area contributed by atoms with E-state index in [1.165, 1.54) is 0 Å². The fraction of sp³-hybridized carbons (Fsp3) is 0.0714. The van der Waals surface area contributed by atoms with Crippen molar-refractivity contribution in [2.24, 2.45) is 0 Å². The zero-order chi connectivity index (χ0) is 13.0. The van der Waals surface area contributed by atoms with Crippen LogP contribution in [0.4, 0.5) is 10.5 Å². The number of hydrogen-bond acceptors (Lipinski definition) is 2. The molecule has 0 aliphatic rings. The summed E-state index contributed by atoms with van der Waals surface area (Å²) in [6, 6.07) is 14.6. The van der Waals surface area contributed by atoms with E-state index in [0.29, 0.717) is 11.4 Å². The Bertz CT molecular complexity index is 552. The molecule has 4 heteroatoms. The monoisotopic (exact) mass is 243 g/mol. The number of benzene rings is 2. The van der Waals surface area contributed by atoms with Gasteiger partial charge in [-0.1, -0.05) is 18.2 Å². The molecule has 0 aromatic heterocycles. The van der Waals surface area contributed by atoms with Gasteiger partial charge in [0.25, 0.3) is 0 Å². The highest BCUT2D eigenvalue weighted by molar-refractivity contribution is 5.84. The molecule has 0 aliphatic heterocycles. The van der Waals surface area contributed by atoms with Crippen molar-refractivity contribution in [2.75, 3.05) is 5.32 Å². The predicted octanol–water partition coefficient (Wildman–Crippen LogP) is 3.88. The summed E-state index contributed by atoms with van der Waals surface area (Å²) < 4.78 is 5.64. The van der Waals surface area contributed by atoms with Gasteiger partial charge in [-0.15, -0.1) is 0 Å². The number of hydrogen-bond donors (Lipinski definition) is 2. The van der Waals surface area contributed by atoms with E-state index in [1.54, 1.807) is 18.2 Å². The Balaban J connectivity index is 2.16. The van der Waals surface area contributed by atoms with Crippen LogP contribution in [0.1, 0.15) is 5.56 Å². The van der Waals surface area contributed by atoms with E-state index in [2.05, 4.69) is 5.32 Å². The normalized spacial score (nSPS) is 9.83. The van der Waals surface area contributed by atoms with Gasteiger partial charge in [0.05, 0.1) is 0 Å². The van der Waals surface area contributed by atoms with Gasteiger partial charge in [0.15, 0.2) is 0 Å². The molecule has 2 rings (SSSR count). The lowest BCUT2D eigenvalue weighted by molar-refractivity contribution is 0.209. The molecule has 0 atom stereocenters. The number of ether oxygens (including phenoxy) is 1. The number of aryl methyl sites for hydroxylation is 1. The summed E-state index contributed by atoms with van der Waals surface area (Å²) in [4.78, 5) is 10.6. The van der Waals surface area contributed by atoms with Gasteiger partial charge in [-0.3, -0.25) is 5.32 Å². The second-order valence-electron chi connectivity index (χ2n) is 3.82. The van der Waals surface area contributed by atoms with Crippen LogP contribution in [0.25, 0.3) is 0 Å². The van der Waals surface area contributed by atoms with Gasteiger partial charge in [0, 0.05) is 5.69 Å². The van der Waals surface area contributed by atoms with Crippen LogP contribution in [0.5, 0.6) is 11.5 Å². The zero-order valence-corrected chi connectivity index (χ0v) is 9.88. The molecule has 0 spiro atoms. The van der Waals surface area contributed by atoms with Crippen LogP contribution in [0, 0.1) is 6.92 Å². The minimum Gasteiger partial charge on any atom is -0.465 e. The van der Waals surface area contributed by atoms with Gasteiger partial charge < -0.3 is 9.84 Å². The summed E-state index contributed by atoms with van der Waals surface area (Å²) in [7, 11) is 0. The van der Waals surface area contributed by atoms with Crippen LogP contribution >= 0.6 is 0 Å². The molecule has 0 heterocycles. The smallest absolute Gasteiger partial charge is 0.409 e. The number of carboxylic acid groups (broad SMARTS) is 1. The lowest BCUT2D eigenvalue weighted by Crippen LogP contribution is -2.08. The minimum absolute atomic E-state index is 0.558. The van der Waals surface area contributed by atoms with Crippen LogP contribution in [-0.4, -0.2) is 11.2 Å². The molecule has 92 valence electrons. The number of para-hydroxylation sites is 1.